The van der Waals surface area contributed by atoms with Crippen LogP contribution < -0.4 is 5.32 Å². The minimum Gasteiger partial charge on any atom is -0.444 e. The van der Waals surface area contributed by atoms with Crippen molar-refractivity contribution < 1.29 is 26.6 Å². The number of amides is 1. The second-order valence-electron chi connectivity index (χ2n) is 9.97. The zero-order valence-corrected chi connectivity index (χ0v) is 21.7. The summed E-state index contributed by atoms with van der Waals surface area (Å²) < 4.78 is 40.0. The number of hydrogen-bond donors (Lipinski definition) is 1. The van der Waals surface area contributed by atoms with E-state index in [0.29, 0.717) is 0 Å². The highest BCUT2D eigenvalue weighted by atomic mass is 32.2. The molecule has 30 heavy (non-hydrogen) atoms. The van der Waals surface area contributed by atoms with Crippen molar-refractivity contribution in [2.24, 2.45) is 11.0 Å². The molecule has 0 bridgehead atoms. The summed E-state index contributed by atoms with van der Waals surface area (Å²) in [6, 6.07) is -0.840. The van der Waals surface area contributed by atoms with Gasteiger partial charge in [0.25, 0.3) is 10.1 Å². The summed E-state index contributed by atoms with van der Waals surface area (Å²) in [5.41, 5.74) is 7.98. The van der Waals surface area contributed by atoms with Crippen LogP contribution in [0.4, 0.5) is 4.79 Å². The fraction of sp³-hybridized carbons (Fsp3) is 0.944. The Hall–Kier alpha value is -1.33. The van der Waals surface area contributed by atoms with Crippen molar-refractivity contribution in [3.05, 3.63) is 10.4 Å². The highest BCUT2D eigenvalue weighted by molar-refractivity contribution is 7.85. The molecule has 0 saturated carbocycles. The van der Waals surface area contributed by atoms with Gasteiger partial charge in [0.1, 0.15) is 5.60 Å². The predicted octanol–water partition coefficient (Wildman–Crippen LogP) is 4.19. The molecular formula is C18H38N4O6SSi. The molecule has 0 aromatic heterocycles. The molecule has 0 rings (SSSR count). The molecule has 0 fully saturated rings. The number of hydrogen-bond acceptors (Lipinski definition) is 7. The van der Waals surface area contributed by atoms with E-state index in [2.05, 4.69) is 36.1 Å². The van der Waals surface area contributed by atoms with Crippen molar-refractivity contribution in [1.29, 1.82) is 0 Å². The van der Waals surface area contributed by atoms with Crippen molar-refractivity contribution in [3.8, 4) is 0 Å². The molecule has 0 radical (unpaired) electrons. The maximum absolute atomic E-state index is 12.4. The van der Waals surface area contributed by atoms with Crippen LogP contribution in [0.25, 0.3) is 10.4 Å². The van der Waals surface area contributed by atoms with Crippen molar-refractivity contribution in [3.63, 3.8) is 0 Å². The summed E-state index contributed by atoms with van der Waals surface area (Å²) >= 11 is 0. The maximum atomic E-state index is 12.4. The number of carbonyl (C=O) groups excluding carboxylic acids is 1. The number of nitrogens with zero attached hydrogens (tertiary/aromatic N) is 3. The van der Waals surface area contributed by atoms with Crippen molar-refractivity contribution in [2.75, 3.05) is 19.4 Å². The monoisotopic (exact) mass is 466 g/mol. The molecular weight excluding hydrogens is 428 g/mol. The summed E-state index contributed by atoms with van der Waals surface area (Å²) in [6.45, 7) is 17.1. The Bertz CT molecular complexity index is 724. The molecule has 0 aliphatic heterocycles. The zero-order chi connectivity index (χ0) is 24.0. The van der Waals surface area contributed by atoms with Gasteiger partial charge in [-0.25, -0.2) is 4.79 Å². The van der Waals surface area contributed by atoms with E-state index in [1.54, 1.807) is 20.8 Å². The molecule has 0 aromatic rings. The second-order valence-corrected chi connectivity index (χ2v) is 16.4. The smallest absolute Gasteiger partial charge is 0.408 e. The zero-order valence-electron chi connectivity index (χ0n) is 19.8. The van der Waals surface area contributed by atoms with E-state index in [9.17, 15) is 13.2 Å². The van der Waals surface area contributed by atoms with E-state index in [1.807, 2.05) is 20.0 Å². The largest absolute Gasteiger partial charge is 0.444 e. The Morgan fingerprint density at radius 3 is 2.13 bits per heavy atom. The van der Waals surface area contributed by atoms with Gasteiger partial charge in [0, 0.05) is 11.5 Å². The lowest BCUT2D eigenvalue weighted by molar-refractivity contribution is 0.0305. The third-order valence-electron chi connectivity index (χ3n) is 4.79. The van der Waals surface area contributed by atoms with Gasteiger partial charge in [-0.05, 0) is 50.4 Å². The van der Waals surface area contributed by atoms with Crippen LogP contribution in [0.5, 0.6) is 0 Å². The van der Waals surface area contributed by atoms with Gasteiger partial charge in [0.15, 0.2) is 8.32 Å². The number of carbonyl (C=O) groups is 1. The van der Waals surface area contributed by atoms with Crippen LogP contribution in [0, 0.1) is 5.92 Å². The maximum Gasteiger partial charge on any atom is 0.408 e. The van der Waals surface area contributed by atoms with E-state index < -0.39 is 42.3 Å². The van der Waals surface area contributed by atoms with E-state index in [4.69, 9.17) is 18.9 Å². The van der Waals surface area contributed by atoms with Crippen LogP contribution in [0.15, 0.2) is 5.11 Å². The van der Waals surface area contributed by atoms with Crippen molar-refractivity contribution in [1.82, 2.24) is 5.32 Å². The van der Waals surface area contributed by atoms with Gasteiger partial charge in [-0.1, -0.05) is 32.8 Å². The van der Waals surface area contributed by atoms with Crippen LogP contribution in [0.2, 0.25) is 18.1 Å². The first kappa shape index (κ1) is 28.7. The molecule has 12 heteroatoms. The molecule has 0 aliphatic carbocycles. The number of rotatable bonds is 10. The average Bonchev–Trinajstić information content (AvgIpc) is 2.50. The number of ether oxygens (including phenoxy) is 1. The molecule has 1 amide bonds. The first-order chi connectivity index (χ1) is 13.3. The number of azide groups is 1. The number of nitrogens with one attached hydrogen (secondary N) is 1. The minimum atomic E-state index is -3.76. The lowest BCUT2D eigenvalue weighted by Gasteiger charge is -2.43. The molecule has 0 aromatic carbocycles. The first-order valence-electron chi connectivity index (χ1n) is 9.81. The average molecular weight is 467 g/mol. The van der Waals surface area contributed by atoms with Crippen molar-refractivity contribution >= 4 is 24.5 Å². The molecule has 176 valence electrons. The molecule has 3 unspecified atom stereocenters. The Balaban J connectivity index is 6.00. The lowest BCUT2D eigenvalue weighted by Crippen LogP contribution is -2.56. The van der Waals surface area contributed by atoms with Gasteiger partial charge >= 0.3 is 6.09 Å². The molecule has 0 spiro atoms. The molecule has 3 atom stereocenters. The molecule has 0 heterocycles. The van der Waals surface area contributed by atoms with Gasteiger partial charge in [-0.3, -0.25) is 4.18 Å². The summed E-state index contributed by atoms with van der Waals surface area (Å²) in [6.07, 6.45) is -0.444. The highest BCUT2D eigenvalue weighted by Crippen LogP contribution is 2.38. The van der Waals surface area contributed by atoms with Crippen molar-refractivity contribution in [2.45, 2.75) is 84.3 Å². The normalized spacial score (nSPS) is 16.2. The first-order valence-corrected chi connectivity index (χ1v) is 14.5. The highest BCUT2D eigenvalue weighted by Gasteiger charge is 2.43. The third-order valence-corrected chi connectivity index (χ3v) is 9.83. The Kier molecular flexibility index (Phi) is 10.3. The van der Waals surface area contributed by atoms with Crippen LogP contribution in [0.1, 0.15) is 48.5 Å². The fourth-order valence-corrected chi connectivity index (χ4v) is 4.08. The predicted molar refractivity (Wildman–Crippen MR) is 119 cm³/mol. The quantitative estimate of drug-likeness (QED) is 0.168. The SMILES string of the molecule is CC(CN=[N+]=[N-])C(O[Si](C)(C)C(C)(C)C)C(COS(C)(=O)=O)NC(=O)OC(C)(C)C. The molecule has 1 N–H and O–H groups in total. The summed E-state index contributed by atoms with van der Waals surface area (Å²) in [5.74, 6) is -0.321. The van der Waals surface area contributed by atoms with Gasteiger partial charge in [0.2, 0.25) is 0 Å². The Labute approximate surface area is 181 Å². The van der Waals surface area contributed by atoms with E-state index in [1.165, 1.54) is 0 Å². The number of alkyl carbamates (subject to hydrolysis) is 1. The molecule has 10 nitrogen and oxygen atoms in total. The fourth-order valence-electron chi connectivity index (χ4n) is 2.26. The Morgan fingerprint density at radius 2 is 1.73 bits per heavy atom. The topological polar surface area (TPSA) is 140 Å². The third kappa shape index (κ3) is 11.2. The summed E-state index contributed by atoms with van der Waals surface area (Å²) in [5, 5.41) is 6.18. The molecule has 0 saturated heterocycles. The standard InChI is InChI=1S/C18H38N4O6SSi/c1-13(11-20-22-19)15(28-30(9,10)18(5,6)7)14(12-26-29(8,24)25)21-16(23)27-17(2,3)4/h13-15H,11-12H2,1-10H3,(H,21,23). The van der Waals surface area contributed by atoms with Crippen LogP contribution in [-0.2, 0) is 23.5 Å². The van der Waals surface area contributed by atoms with Gasteiger partial charge < -0.3 is 14.5 Å². The molecule has 0 aliphatic rings. The van der Waals surface area contributed by atoms with E-state index in [-0.39, 0.29) is 24.1 Å². The van der Waals surface area contributed by atoms with Gasteiger partial charge in [-0.15, -0.1) is 0 Å². The lowest BCUT2D eigenvalue weighted by atomic mass is 9.98. The van der Waals surface area contributed by atoms with Gasteiger partial charge in [-0.2, -0.15) is 8.42 Å². The Morgan fingerprint density at radius 1 is 1.20 bits per heavy atom. The van der Waals surface area contributed by atoms with E-state index in [0.717, 1.165) is 6.26 Å². The van der Waals surface area contributed by atoms with Gasteiger partial charge in [0.05, 0.1) is 25.0 Å². The van der Waals surface area contributed by atoms with E-state index >= 15 is 0 Å². The van der Waals surface area contributed by atoms with Crippen LogP contribution in [-0.4, -0.2) is 60.0 Å². The van der Waals surface area contributed by atoms with Crippen LogP contribution in [0.3, 0.4) is 0 Å². The van der Waals surface area contributed by atoms with Crippen LogP contribution >= 0.6 is 0 Å². The summed E-state index contributed by atoms with van der Waals surface area (Å²) in [4.78, 5) is 15.2. The second kappa shape index (κ2) is 10.8. The minimum absolute atomic E-state index is 0.112. The summed E-state index contributed by atoms with van der Waals surface area (Å²) in [7, 11) is -6.09.